The molecular weight excluding hydrogens is 599 g/mol. The molecule has 5 heteroatoms. The van der Waals surface area contributed by atoms with E-state index in [-0.39, 0.29) is 0 Å². The maximum absolute atomic E-state index is 14.2. The van der Waals surface area contributed by atoms with Gasteiger partial charge >= 0.3 is 7.82 Å². The molecule has 0 saturated carbocycles. The molecule has 47 heavy (non-hydrogen) atoms. The highest BCUT2D eigenvalue weighted by molar-refractivity contribution is 7.49. The number of rotatable bonds is 24. The Morgan fingerprint density at radius 1 is 0.404 bits per heavy atom. The molecule has 0 N–H and O–H groups in total. The third kappa shape index (κ3) is 16.8. The number of phosphoric ester groups is 1. The van der Waals surface area contributed by atoms with Crippen LogP contribution in [-0.4, -0.2) is 0 Å². The zero-order valence-corrected chi connectivity index (χ0v) is 31.2. The highest BCUT2D eigenvalue weighted by Gasteiger charge is 2.33. The molecule has 0 aliphatic rings. The average Bonchev–Trinajstić information content (AvgIpc) is 3.02. The number of hydrogen-bond donors (Lipinski definition) is 0. The fourth-order valence-electron chi connectivity index (χ4n) is 5.77. The molecule has 0 amide bonds. The van der Waals surface area contributed by atoms with E-state index in [1.165, 1.54) is 93.7 Å². The highest BCUT2D eigenvalue weighted by atomic mass is 31.2. The van der Waals surface area contributed by atoms with Crippen molar-refractivity contribution in [2.24, 2.45) is 17.8 Å². The van der Waals surface area contributed by atoms with Crippen LogP contribution >= 0.6 is 7.82 Å². The number of aryl methyl sites for hydroxylation is 3. The predicted molar refractivity (Wildman–Crippen MR) is 200 cm³/mol. The molecular formula is C42H63O4P. The molecule has 0 aliphatic heterocycles. The molecule has 3 aromatic carbocycles. The zero-order chi connectivity index (χ0) is 33.9. The quantitative estimate of drug-likeness (QED) is 0.0707. The molecule has 0 spiro atoms. The summed E-state index contributed by atoms with van der Waals surface area (Å²) >= 11 is 0. The molecule has 0 heterocycles. The van der Waals surface area contributed by atoms with Crippen molar-refractivity contribution < 1.29 is 18.1 Å². The normalized spacial score (nSPS) is 11.9. The SMILES string of the molecule is CC(C)CCCCCc1ccc(OP(=O)(Oc2ccc(CCCCCC(C)C)cc2)Oc2ccc(CCCCCC(C)C)cc2)cc1. The fourth-order valence-corrected chi connectivity index (χ4v) is 7.02. The second-order valence-corrected chi connectivity index (χ2v) is 16.1. The minimum absolute atomic E-state index is 0.466. The van der Waals surface area contributed by atoms with Gasteiger partial charge in [0.1, 0.15) is 17.2 Å². The van der Waals surface area contributed by atoms with Crippen molar-refractivity contribution in [3.05, 3.63) is 89.5 Å². The van der Waals surface area contributed by atoms with Gasteiger partial charge in [-0.3, -0.25) is 0 Å². The molecule has 0 saturated heterocycles. The third-order valence-electron chi connectivity index (χ3n) is 8.66. The van der Waals surface area contributed by atoms with Crippen molar-refractivity contribution in [3.63, 3.8) is 0 Å². The number of benzene rings is 3. The zero-order valence-electron chi connectivity index (χ0n) is 30.3. The fraction of sp³-hybridized carbons (Fsp3) is 0.571. The van der Waals surface area contributed by atoms with Gasteiger partial charge in [0, 0.05) is 0 Å². The minimum Gasteiger partial charge on any atom is -0.386 e. The monoisotopic (exact) mass is 662 g/mol. The first-order valence-electron chi connectivity index (χ1n) is 18.6. The van der Waals surface area contributed by atoms with Gasteiger partial charge in [0.15, 0.2) is 0 Å². The van der Waals surface area contributed by atoms with Crippen molar-refractivity contribution in [3.8, 4) is 17.2 Å². The van der Waals surface area contributed by atoms with Crippen LogP contribution in [0.1, 0.15) is 135 Å². The van der Waals surface area contributed by atoms with Gasteiger partial charge in [0.25, 0.3) is 0 Å². The molecule has 0 unspecified atom stereocenters. The lowest BCUT2D eigenvalue weighted by Gasteiger charge is -2.20. The summed E-state index contributed by atoms with van der Waals surface area (Å²) in [6.07, 6.45) is 18.0. The van der Waals surface area contributed by atoms with Crippen LogP contribution < -0.4 is 13.6 Å². The molecule has 0 fully saturated rings. The van der Waals surface area contributed by atoms with Gasteiger partial charge in [-0.2, -0.15) is 4.57 Å². The molecule has 0 bridgehead atoms. The van der Waals surface area contributed by atoms with Crippen LogP contribution in [0.2, 0.25) is 0 Å². The van der Waals surface area contributed by atoms with E-state index >= 15 is 0 Å². The van der Waals surface area contributed by atoms with Crippen LogP contribution in [0, 0.1) is 17.8 Å². The van der Waals surface area contributed by atoms with Gasteiger partial charge in [0.2, 0.25) is 0 Å². The van der Waals surface area contributed by atoms with E-state index in [0.717, 1.165) is 37.0 Å². The van der Waals surface area contributed by atoms with Crippen molar-refractivity contribution >= 4 is 7.82 Å². The second-order valence-electron chi connectivity index (χ2n) is 14.6. The average molecular weight is 663 g/mol. The Morgan fingerprint density at radius 3 is 0.894 bits per heavy atom. The standard InChI is InChI=1S/C42H63O4P/c1-34(2)16-10-7-13-19-37-22-28-40(29-23-37)44-47(43,45-41-30-24-38(25-31-41)20-14-8-11-17-35(3)4)46-42-32-26-39(27-33-42)21-15-9-12-18-36(5)6/h22-36H,7-21H2,1-6H3. The Labute approximate surface area is 287 Å². The van der Waals surface area contributed by atoms with Crippen LogP contribution in [0.3, 0.4) is 0 Å². The van der Waals surface area contributed by atoms with Crippen molar-refractivity contribution in [1.82, 2.24) is 0 Å². The maximum atomic E-state index is 14.2. The molecule has 0 aromatic heterocycles. The lowest BCUT2D eigenvalue weighted by atomic mass is 10.0. The third-order valence-corrected chi connectivity index (χ3v) is 9.97. The van der Waals surface area contributed by atoms with Crippen molar-refractivity contribution in [2.45, 2.75) is 138 Å². The van der Waals surface area contributed by atoms with Crippen LogP contribution in [0.5, 0.6) is 17.2 Å². The smallest absolute Gasteiger partial charge is 0.386 e. The first kappa shape index (κ1) is 38.7. The van der Waals surface area contributed by atoms with Crippen molar-refractivity contribution in [2.75, 3.05) is 0 Å². The van der Waals surface area contributed by atoms with E-state index in [1.807, 2.05) is 72.8 Å². The van der Waals surface area contributed by atoms with E-state index in [2.05, 4.69) is 41.5 Å². The van der Waals surface area contributed by atoms with Crippen LogP contribution in [0.4, 0.5) is 0 Å². The van der Waals surface area contributed by atoms with Crippen LogP contribution in [0.15, 0.2) is 72.8 Å². The van der Waals surface area contributed by atoms with Crippen molar-refractivity contribution in [1.29, 1.82) is 0 Å². The molecule has 260 valence electrons. The minimum atomic E-state index is -4.05. The molecule has 3 aromatic rings. The molecule has 0 aliphatic carbocycles. The molecule has 3 rings (SSSR count). The van der Waals surface area contributed by atoms with Gasteiger partial charge in [-0.15, -0.1) is 0 Å². The van der Waals surface area contributed by atoms with E-state index in [1.54, 1.807) is 0 Å². The topological polar surface area (TPSA) is 44.8 Å². The summed E-state index contributed by atoms with van der Waals surface area (Å²) in [5, 5.41) is 0. The summed E-state index contributed by atoms with van der Waals surface area (Å²) in [5.41, 5.74) is 3.74. The molecule has 4 nitrogen and oxygen atoms in total. The predicted octanol–water partition coefficient (Wildman–Crippen LogP) is 13.6. The first-order chi connectivity index (χ1) is 22.6. The van der Waals surface area contributed by atoms with Gasteiger partial charge in [-0.1, -0.05) is 136 Å². The Bertz CT molecular complexity index is 1120. The molecule has 0 radical (unpaired) electrons. The second kappa shape index (κ2) is 21.3. The van der Waals surface area contributed by atoms with E-state index in [4.69, 9.17) is 13.6 Å². The van der Waals surface area contributed by atoms with Gasteiger partial charge in [0.05, 0.1) is 0 Å². The summed E-state index contributed by atoms with van der Waals surface area (Å²) in [4.78, 5) is 0. The summed E-state index contributed by atoms with van der Waals surface area (Å²) in [5.74, 6) is 3.68. The van der Waals surface area contributed by atoms with Crippen LogP contribution in [0.25, 0.3) is 0 Å². The lowest BCUT2D eigenvalue weighted by Crippen LogP contribution is -2.08. The van der Waals surface area contributed by atoms with Gasteiger partial charge in [-0.05, 0) is 109 Å². The van der Waals surface area contributed by atoms with E-state index in [0.29, 0.717) is 17.2 Å². The number of hydrogen-bond acceptors (Lipinski definition) is 4. The summed E-state index contributed by atoms with van der Waals surface area (Å²) in [6.45, 7) is 13.7. The van der Waals surface area contributed by atoms with E-state index in [9.17, 15) is 4.57 Å². The highest BCUT2D eigenvalue weighted by Crippen LogP contribution is 2.50. The Kier molecular flexibility index (Phi) is 17.6. The van der Waals surface area contributed by atoms with Crippen LogP contribution in [-0.2, 0) is 23.8 Å². The van der Waals surface area contributed by atoms with E-state index < -0.39 is 7.82 Å². The number of unbranched alkanes of at least 4 members (excludes halogenated alkanes) is 6. The Morgan fingerprint density at radius 2 is 0.660 bits per heavy atom. The van der Waals surface area contributed by atoms with Gasteiger partial charge < -0.3 is 13.6 Å². The Hall–Kier alpha value is -2.71. The maximum Gasteiger partial charge on any atom is 0.647 e. The summed E-state index contributed by atoms with van der Waals surface area (Å²) in [6, 6.07) is 23.5. The number of phosphoric acid groups is 1. The largest absolute Gasteiger partial charge is 0.647 e. The first-order valence-corrected chi connectivity index (χ1v) is 20.0. The molecule has 0 atom stereocenters. The summed E-state index contributed by atoms with van der Waals surface area (Å²) in [7, 11) is -4.05. The Balaban J connectivity index is 1.63. The lowest BCUT2D eigenvalue weighted by molar-refractivity contribution is 0.298. The summed E-state index contributed by atoms with van der Waals surface area (Å²) < 4.78 is 32.3. The van der Waals surface area contributed by atoms with Gasteiger partial charge in [-0.25, -0.2) is 0 Å².